The molecule has 0 radical (unpaired) electrons. The minimum atomic E-state index is -0.337. The normalized spacial score (nSPS) is 10.6. The number of phenols is 1. The highest BCUT2D eigenvalue weighted by atomic mass is 35.5. The van der Waals surface area contributed by atoms with Crippen molar-refractivity contribution in [3.8, 4) is 5.75 Å². The van der Waals surface area contributed by atoms with Crippen molar-refractivity contribution in [1.29, 1.82) is 0 Å². The van der Waals surface area contributed by atoms with Crippen LogP contribution in [0, 0.1) is 0 Å². The number of phenolic OH excluding ortho intramolecular Hbond substituents is 1. The smallest absolute Gasteiger partial charge is 0.246 e. The number of amides is 1. The summed E-state index contributed by atoms with van der Waals surface area (Å²) >= 11 is 11.5. The third-order valence-electron chi connectivity index (χ3n) is 2.40. The van der Waals surface area contributed by atoms with Crippen LogP contribution in [0.1, 0.15) is 5.69 Å². The second-order valence-corrected chi connectivity index (χ2v) is 4.76. The van der Waals surface area contributed by atoms with Crippen LogP contribution >= 0.6 is 23.2 Å². The summed E-state index contributed by atoms with van der Waals surface area (Å²) < 4.78 is 1.36. The molecule has 0 aliphatic heterocycles. The number of benzene rings is 1. The Morgan fingerprint density at radius 3 is 2.60 bits per heavy atom. The summed E-state index contributed by atoms with van der Waals surface area (Å²) in [7, 11) is 0. The Morgan fingerprint density at radius 1 is 1.40 bits per heavy atom. The van der Waals surface area contributed by atoms with Gasteiger partial charge < -0.3 is 16.2 Å². The Bertz CT molecular complexity index is 620. The van der Waals surface area contributed by atoms with Gasteiger partial charge in [-0.1, -0.05) is 28.4 Å². The van der Waals surface area contributed by atoms with E-state index in [1.165, 1.54) is 16.8 Å². The van der Waals surface area contributed by atoms with Gasteiger partial charge in [-0.15, -0.1) is 5.10 Å². The lowest BCUT2D eigenvalue weighted by molar-refractivity contribution is -0.116. The van der Waals surface area contributed by atoms with Gasteiger partial charge in [-0.05, 0) is 12.1 Å². The average Bonchev–Trinajstić information content (AvgIpc) is 2.83. The molecule has 1 aromatic carbocycles. The first-order valence-corrected chi connectivity index (χ1v) is 6.32. The third kappa shape index (κ3) is 3.38. The van der Waals surface area contributed by atoms with Gasteiger partial charge in [0, 0.05) is 12.2 Å². The zero-order valence-corrected chi connectivity index (χ0v) is 11.7. The van der Waals surface area contributed by atoms with Gasteiger partial charge in [-0.25, -0.2) is 4.68 Å². The van der Waals surface area contributed by atoms with Crippen LogP contribution in [0.4, 0.5) is 5.69 Å². The molecule has 9 heteroatoms. The fourth-order valence-electron chi connectivity index (χ4n) is 1.49. The number of nitrogens with two attached hydrogens (primary N) is 1. The fraction of sp³-hybridized carbons (Fsp3) is 0.182. The van der Waals surface area contributed by atoms with E-state index in [-0.39, 0.29) is 34.8 Å². The Balaban J connectivity index is 2.04. The van der Waals surface area contributed by atoms with Crippen molar-refractivity contribution < 1.29 is 9.90 Å². The van der Waals surface area contributed by atoms with Gasteiger partial charge in [0.15, 0.2) is 5.75 Å². The van der Waals surface area contributed by atoms with Crippen molar-refractivity contribution in [2.45, 2.75) is 13.1 Å². The summed E-state index contributed by atoms with van der Waals surface area (Å²) in [5.74, 6) is -0.563. The quantitative estimate of drug-likeness (QED) is 0.739. The number of rotatable bonds is 4. The summed E-state index contributed by atoms with van der Waals surface area (Å²) in [6.07, 6.45) is 1.58. The number of hydrogen-bond acceptors (Lipinski definition) is 5. The van der Waals surface area contributed by atoms with E-state index in [4.69, 9.17) is 28.9 Å². The van der Waals surface area contributed by atoms with E-state index in [2.05, 4.69) is 15.6 Å². The van der Waals surface area contributed by atoms with Crippen LogP contribution in [-0.2, 0) is 17.9 Å². The van der Waals surface area contributed by atoms with Gasteiger partial charge in [0.2, 0.25) is 5.91 Å². The number of nitrogens with zero attached hydrogens (tertiary/aromatic N) is 3. The van der Waals surface area contributed by atoms with Crippen LogP contribution in [0.2, 0.25) is 10.0 Å². The molecule has 0 saturated heterocycles. The molecule has 2 aromatic rings. The van der Waals surface area contributed by atoms with E-state index in [0.717, 1.165) is 0 Å². The van der Waals surface area contributed by atoms with Gasteiger partial charge in [-0.3, -0.25) is 4.79 Å². The SMILES string of the molecule is NCc1cn(CC(=O)Nc2cc(Cl)c(O)c(Cl)c2)nn1. The average molecular weight is 316 g/mol. The molecule has 0 aliphatic carbocycles. The second-order valence-electron chi connectivity index (χ2n) is 3.95. The first-order chi connectivity index (χ1) is 9.49. The lowest BCUT2D eigenvalue weighted by Gasteiger charge is -2.07. The van der Waals surface area contributed by atoms with Crippen LogP contribution in [0.3, 0.4) is 0 Å². The van der Waals surface area contributed by atoms with Crippen molar-refractivity contribution >= 4 is 34.8 Å². The molecule has 0 atom stereocenters. The molecule has 0 unspecified atom stereocenters. The topological polar surface area (TPSA) is 106 Å². The minimum Gasteiger partial charge on any atom is -0.505 e. The molecule has 7 nitrogen and oxygen atoms in total. The molecule has 0 saturated carbocycles. The van der Waals surface area contributed by atoms with Crippen molar-refractivity contribution in [3.63, 3.8) is 0 Å². The minimum absolute atomic E-state index is 0.0247. The van der Waals surface area contributed by atoms with Gasteiger partial charge >= 0.3 is 0 Å². The Hall–Kier alpha value is -1.83. The number of anilines is 1. The van der Waals surface area contributed by atoms with E-state index in [0.29, 0.717) is 11.4 Å². The van der Waals surface area contributed by atoms with E-state index < -0.39 is 0 Å². The van der Waals surface area contributed by atoms with E-state index in [1.807, 2.05) is 0 Å². The van der Waals surface area contributed by atoms with Crippen LogP contribution in [-0.4, -0.2) is 26.0 Å². The Morgan fingerprint density at radius 2 is 2.05 bits per heavy atom. The first-order valence-electron chi connectivity index (χ1n) is 5.56. The summed E-state index contributed by atoms with van der Waals surface area (Å²) in [4.78, 5) is 11.8. The number of aromatic nitrogens is 3. The van der Waals surface area contributed by atoms with Crippen molar-refractivity contribution in [2.24, 2.45) is 5.73 Å². The predicted molar refractivity (Wildman–Crippen MR) is 74.7 cm³/mol. The van der Waals surface area contributed by atoms with E-state index >= 15 is 0 Å². The Kier molecular flexibility index (Phi) is 4.43. The number of carbonyl (C=O) groups excluding carboxylic acids is 1. The summed E-state index contributed by atoms with van der Waals surface area (Å²) in [6, 6.07) is 2.79. The van der Waals surface area contributed by atoms with Gasteiger partial charge in [0.1, 0.15) is 6.54 Å². The standard InChI is InChI=1S/C11H11Cl2N5O2/c12-8-1-6(2-9(13)11(8)20)15-10(19)5-18-4-7(3-14)16-17-18/h1-2,4,20H,3,5,14H2,(H,15,19). The molecule has 2 rings (SSSR count). The molecule has 4 N–H and O–H groups in total. The maximum Gasteiger partial charge on any atom is 0.246 e. The second kappa shape index (κ2) is 6.08. The Labute approximate surface area is 124 Å². The summed E-state index contributed by atoms with van der Waals surface area (Å²) in [6.45, 7) is 0.230. The van der Waals surface area contributed by atoms with Gasteiger partial charge in [0.05, 0.1) is 21.9 Å². The maximum atomic E-state index is 11.8. The zero-order valence-electron chi connectivity index (χ0n) is 10.2. The molecule has 1 heterocycles. The summed E-state index contributed by atoms with van der Waals surface area (Å²) in [5.41, 5.74) is 6.36. The van der Waals surface area contributed by atoms with Crippen molar-refractivity contribution in [1.82, 2.24) is 15.0 Å². The number of nitrogens with one attached hydrogen (secondary N) is 1. The first kappa shape index (κ1) is 14.6. The highest BCUT2D eigenvalue weighted by molar-refractivity contribution is 6.37. The van der Waals surface area contributed by atoms with Crippen LogP contribution < -0.4 is 11.1 Å². The number of hydrogen-bond donors (Lipinski definition) is 3. The summed E-state index contributed by atoms with van der Waals surface area (Å²) in [5, 5.41) is 19.6. The predicted octanol–water partition coefficient (Wildman–Crippen LogP) is 1.39. The van der Waals surface area contributed by atoms with Gasteiger partial charge in [-0.2, -0.15) is 0 Å². The largest absolute Gasteiger partial charge is 0.505 e. The number of carbonyl (C=O) groups is 1. The lowest BCUT2D eigenvalue weighted by atomic mass is 10.3. The van der Waals surface area contributed by atoms with Crippen LogP contribution in [0.25, 0.3) is 0 Å². The monoisotopic (exact) mass is 315 g/mol. The number of aromatic hydroxyl groups is 1. The lowest BCUT2D eigenvalue weighted by Crippen LogP contribution is -2.19. The molecule has 1 aromatic heterocycles. The highest BCUT2D eigenvalue weighted by Gasteiger charge is 2.10. The van der Waals surface area contributed by atoms with E-state index in [1.54, 1.807) is 6.20 Å². The van der Waals surface area contributed by atoms with Gasteiger partial charge in [0.25, 0.3) is 0 Å². The number of halogens is 2. The fourth-order valence-corrected chi connectivity index (χ4v) is 1.98. The molecule has 0 fully saturated rings. The maximum absolute atomic E-state index is 11.8. The molecule has 0 bridgehead atoms. The van der Waals surface area contributed by atoms with Crippen LogP contribution in [0.15, 0.2) is 18.3 Å². The molecular formula is C11H11Cl2N5O2. The van der Waals surface area contributed by atoms with Crippen LogP contribution in [0.5, 0.6) is 5.75 Å². The molecule has 106 valence electrons. The van der Waals surface area contributed by atoms with Crippen molar-refractivity contribution in [3.05, 3.63) is 34.1 Å². The zero-order chi connectivity index (χ0) is 14.7. The highest BCUT2D eigenvalue weighted by Crippen LogP contribution is 2.34. The molecule has 0 aliphatic rings. The molecule has 0 spiro atoms. The molecule has 1 amide bonds. The third-order valence-corrected chi connectivity index (χ3v) is 2.98. The molecular weight excluding hydrogens is 305 g/mol. The molecule has 20 heavy (non-hydrogen) atoms. The van der Waals surface area contributed by atoms with Crippen molar-refractivity contribution in [2.75, 3.05) is 5.32 Å². The van der Waals surface area contributed by atoms with E-state index in [9.17, 15) is 9.90 Å².